The predicted molar refractivity (Wildman–Crippen MR) is 133 cm³/mol. The van der Waals surface area contributed by atoms with Gasteiger partial charge in [-0.05, 0) is 56.1 Å². The molecule has 0 N–H and O–H groups in total. The number of fused-ring (bicyclic) bond motifs is 7. The van der Waals surface area contributed by atoms with Crippen molar-refractivity contribution in [3.05, 3.63) is 132 Å². The van der Waals surface area contributed by atoms with Crippen LogP contribution >= 0.6 is 0 Å². The molecule has 0 aromatic heterocycles. The molecule has 1 heteroatoms. The van der Waals surface area contributed by atoms with Crippen LogP contribution in [0.3, 0.4) is 0 Å². The highest BCUT2D eigenvalue weighted by atomic mass is 16.5. The van der Waals surface area contributed by atoms with Gasteiger partial charge in [0.15, 0.2) is 0 Å². The standard InChI is InChI=1S/C31H20O/c1-4-12-23-20(9-1)17-18-29-31(23)30(26-15-7-8-16-28(26)32-29)27-19-21-10-2-3-11-22(21)24-13-5-6-14-25(24)27/h1-19,30H. The number of para-hydroxylation sites is 1. The molecular formula is C31H20O. The van der Waals surface area contributed by atoms with E-state index in [1.807, 2.05) is 0 Å². The maximum atomic E-state index is 6.44. The normalized spacial score (nSPS) is 14.8. The molecule has 1 nitrogen and oxygen atoms in total. The van der Waals surface area contributed by atoms with Crippen LogP contribution in [0.4, 0.5) is 0 Å². The molecular weight excluding hydrogens is 388 g/mol. The van der Waals surface area contributed by atoms with Crippen LogP contribution in [0, 0.1) is 0 Å². The number of hydrogen-bond acceptors (Lipinski definition) is 1. The highest BCUT2D eigenvalue weighted by molar-refractivity contribution is 6.09. The Morgan fingerprint density at radius 2 is 1.09 bits per heavy atom. The molecule has 0 amide bonds. The average Bonchev–Trinajstić information content (AvgIpc) is 2.87. The lowest BCUT2D eigenvalue weighted by molar-refractivity contribution is 0.455. The zero-order valence-corrected chi connectivity index (χ0v) is 17.5. The van der Waals surface area contributed by atoms with Gasteiger partial charge in [-0.2, -0.15) is 0 Å². The van der Waals surface area contributed by atoms with Crippen molar-refractivity contribution >= 4 is 32.3 Å². The zero-order chi connectivity index (χ0) is 21.1. The van der Waals surface area contributed by atoms with Crippen LogP contribution < -0.4 is 4.74 Å². The maximum absolute atomic E-state index is 6.44. The second-order valence-corrected chi connectivity index (χ2v) is 8.50. The molecule has 1 atom stereocenters. The van der Waals surface area contributed by atoms with E-state index >= 15 is 0 Å². The first-order chi connectivity index (χ1) is 15.9. The Morgan fingerprint density at radius 1 is 0.438 bits per heavy atom. The fourth-order valence-electron chi connectivity index (χ4n) is 5.39. The van der Waals surface area contributed by atoms with E-state index in [4.69, 9.17) is 4.74 Å². The van der Waals surface area contributed by atoms with Gasteiger partial charge in [0.25, 0.3) is 0 Å². The van der Waals surface area contributed by atoms with E-state index in [1.54, 1.807) is 0 Å². The Kier molecular flexibility index (Phi) is 3.68. The maximum Gasteiger partial charge on any atom is 0.132 e. The summed E-state index contributed by atoms with van der Waals surface area (Å²) in [6.07, 6.45) is 0. The zero-order valence-electron chi connectivity index (χ0n) is 17.5. The summed E-state index contributed by atoms with van der Waals surface area (Å²) >= 11 is 0. The Hall–Kier alpha value is -4.10. The van der Waals surface area contributed by atoms with E-state index in [2.05, 4.69) is 115 Å². The fraction of sp³-hybridized carbons (Fsp3) is 0.0323. The Balaban J connectivity index is 1.65. The first-order valence-electron chi connectivity index (χ1n) is 11.1. The summed E-state index contributed by atoms with van der Waals surface area (Å²) in [6, 6.07) is 41.3. The first kappa shape index (κ1) is 17.6. The minimum Gasteiger partial charge on any atom is -0.457 e. The molecule has 6 aromatic carbocycles. The van der Waals surface area contributed by atoms with E-state index in [-0.39, 0.29) is 5.92 Å². The van der Waals surface area contributed by atoms with Crippen LogP contribution in [0.2, 0.25) is 0 Å². The molecule has 1 unspecified atom stereocenters. The minimum absolute atomic E-state index is 0.0931. The van der Waals surface area contributed by atoms with Gasteiger partial charge in [-0.1, -0.05) is 97.1 Å². The van der Waals surface area contributed by atoms with E-state index in [9.17, 15) is 0 Å². The van der Waals surface area contributed by atoms with Gasteiger partial charge in [0.2, 0.25) is 0 Å². The molecule has 0 saturated carbocycles. The lowest BCUT2D eigenvalue weighted by Gasteiger charge is -2.31. The highest BCUT2D eigenvalue weighted by Crippen LogP contribution is 2.51. The first-order valence-corrected chi connectivity index (χ1v) is 11.1. The van der Waals surface area contributed by atoms with Crippen LogP contribution in [-0.4, -0.2) is 0 Å². The van der Waals surface area contributed by atoms with Crippen molar-refractivity contribution in [2.24, 2.45) is 0 Å². The Labute approximate surface area is 186 Å². The molecule has 32 heavy (non-hydrogen) atoms. The molecule has 6 aromatic rings. The SMILES string of the molecule is c1ccc2c(c1)Oc1ccc3ccccc3c1C2c1cc2ccccc2c2ccccc12. The predicted octanol–water partition coefficient (Wildman–Crippen LogP) is 8.43. The number of hydrogen-bond donors (Lipinski definition) is 0. The van der Waals surface area contributed by atoms with Gasteiger partial charge in [-0.15, -0.1) is 0 Å². The van der Waals surface area contributed by atoms with Crippen molar-refractivity contribution in [1.29, 1.82) is 0 Å². The second-order valence-electron chi connectivity index (χ2n) is 8.50. The van der Waals surface area contributed by atoms with Crippen molar-refractivity contribution in [2.45, 2.75) is 5.92 Å². The summed E-state index contributed by atoms with van der Waals surface area (Å²) in [6.45, 7) is 0. The van der Waals surface area contributed by atoms with E-state index < -0.39 is 0 Å². The van der Waals surface area contributed by atoms with E-state index in [0.717, 1.165) is 11.5 Å². The fourth-order valence-corrected chi connectivity index (χ4v) is 5.39. The quantitative estimate of drug-likeness (QED) is 0.248. The van der Waals surface area contributed by atoms with Crippen LogP contribution in [-0.2, 0) is 0 Å². The lowest BCUT2D eigenvalue weighted by Crippen LogP contribution is -2.12. The average molecular weight is 409 g/mol. The number of benzene rings is 6. The van der Waals surface area contributed by atoms with Gasteiger partial charge >= 0.3 is 0 Å². The summed E-state index contributed by atoms with van der Waals surface area (Å²) < 4.78 is 6.44. The third-order valence-electron chi connectivity index (χ3n) is 6.78. The third-order valence-corrected chi connectivity index (χ3v) is 6.78. The Bertz CT molecular complexity index is 1660. The minimum atomic E-state index is 0.0931. The van der Waals surface area contributed by atoms with Crippen molar-refractivity contribution < 1.29 is 4.74 Å². The summed E-state index contributed by atoms with van der Waals surface area (Å²) in [7, 11) is 0. The van der Waals surface area contributed by atoms with Crippen molar-refractivity contribution in [2.75, 3.05) is 0 Å². The lowest BCUT2D eigenvalue weighted by atomic mass is 9.78. The van der Waals surface area contributed by atoms with E-state index in [1.165, 1.54) is 49.0 Å². The molecule has 1 heterocycles. The Morgan fingerprint density at radius 3 is 1.97 bits per heavy atom. The molecule has 1 aliphatic heterocycles. The van der Waals surface area contributed by atoms with Gasteiger partial charge in [-0.25, -0.2) is 0 Å². The third kappa shape index (κ3) is 2.45. The highest BCUT2D eigenvalue weighted by Gasteiger charge is 2.31. The van der Waals surface area contributed by atoms with Crippen LogP contribution in [0.5, 0.6) is 11.5 Å². The van der Waals surface area contributed by atoms with Gasteiger partial charge in [0, 0.05) is 17.0 Å². The van der Waals surface area contributed by atoms with Crippen LogP contribution in [0.25, 0.3) is 32.3 Å². The second kappa shape index (κ2) is 6.70. The molecule has 0 aliphatic carbocycles. The summed E-state index contributed by atoms with van der Waals surface area (Å²) in [5.74, 6) is 1.98. The van der Waals surface area contributed by atoms with Gasteiger partial charge < -0.3 is 4.74 Å². The molecule has 0 bridgehead atoms. The van der Waals surface area contributed by atoms with Gasteiger partial charge in [0.1, 0.15) is 11.5 Å². The van der Waals surface area contributed by atoms with Gasteiger partial charge in [0.05, 0.1) is 0 Å². The summed E-state index contributed by atoms with van der Waals surface area (Å²) in [5.41, 5.74) is 3.80. The van der Waals surface area contributed by atoms with Crippen molar-refractivity contribution in [3.63, 3.8) is 0 Å². The monoisotopic (exact) mass is 408 g/mol. The van der Waals surface area contributed by atoms with E-state index in [0.29, 0.717) is 0 Å². The topological polar surface area (TPSA) is 9.23 Å². The van der Waals surface area contributed by atoms with Crippen LogP contribution in [0.1, 0.15) is 22.6 Å². The van der Waals surface area contributed by atoms with Crippen LogP contribution in [0.15, 0.2) is 115 Å². The molecule has 150 valence electrons. The molecule has 0 spiro atoms. The number of rotatable bonds is 1. The smallest absolute Gasteiger partial charge is 0.132 e. The van der Waals surface area contributed by atoms with Gasteiger partial charge in [-0.3, -0.25) is 0 Å². The largest absolute Gasteiger partial charge is 0.457 e. The molecule has 0 radical (unpaired) electrons. The summed E-state index contributed by atoms with van der Waals surface area (Å²) in [5, 5.41) is 7.65. The van der Waals surface area contributed by atoms with Crippen molar-refractivity contribution in [1.82, 2.24) is 0 Å². The molecule has 1 aliphatic rings. The summed E-state index contributed by atoms with van der Waals surface area (Å²) in [4.78, 5) is 0. The molecule has 0 fully saturated rings. The van der Waals surface area contributed by atoms with Crippen molar-refractivity contribution in [3.8, 4) is 11.5 Å². The molecule has 7 rings (SSSR count). The number of ether oxygens (including phenoxy) is 1. The molecule has 0 saturated heterocycles.